The van der Waals surface area contributed by atoms with Gasteiger partial charge in [0.2, 0.25) is 0 Å². The van der Waals surface area contributed by atoms with Gasteiger partial charge in [-0.05, 0) is 60.2 Å². The summed E-state index contributed by atoms with van der Waals surface area (Å²) in [5.74, 6) is -1.13. The molecule has 0 unspecified atom stereocenters. The van der Waals surface area contributed by atoms with E-state index in [1.165, 1.54) is 49.6 Å². The number of rotatable bonds is 6. The van der Waals surface area contributed by atoms with Crippen LogP contribution in [0.3, 0.4) is 0 Å². The first kappa shape index (κ1) is 20.7. The summed E-state index contributed by atoms with van der Waals surface area (Å²) in [5, 5.41) is 10.7. The van der Waals surface area contributed by atoms with Crippen molar-refractivity contribution in [1.29, 1.82) is 0 Å². The molecule has 0 saturated carbocycles. The van der Waals surface area contributed by atoms with E-state index in [1.54, 1.807) is 24.3 Å². The summed E-state index contributed by atoms with van der Waals surface area (Å²) in [4.78, 5) is 49.3. The van der Waals surface area contributed by atoms with Crippen LogP contribution in [0.1, 0.15) is 36.6 Å². The summed E-state index contributed by atoms with van der Waals surface area (Å²) in [6, 6.07) is 16.2. The van der Waals surface area contributed by atoms with Crippen LogP contribution in [0.25, 0.3) is 0 Å². The number of esters is 1. The molecule has 0 N–H and O–H groups in total. The molecule has 4 rings (SSSR count). The Morgan fingerprint density at radius 1 is 0.938 bits per heavy atom. The maximum Gasteiger partial charge on any atom is 0.338 e. The lowest BCUT2D eigenvalue weighted by Crippen LogP contribution is -2.29. The largest absolute Gasteiger partial charge is 0.497 e. The first-order valence-corrected chi connectivity index (χ1v) is 9.46. The Labute approximate surface area is 181 Å². The van der Waals surface area contributed by atoms with Crippen molar-refractivity contribution in [1.82, 2.24) is 0 Å². The van der Waals surface area contributed by atoms with Crippen LogP contribution >= 0.6 is 0 Å². The van der Waals surface area contributed by atoms with Crippen molar-refractivity contribution >= 4 is 29.2 Å². The topological polar surface area (TPSA) is 116 Å². The molecule has 0 spiro atoms. The zero-order valence-corrected chi connectivity index (χ0v) is 16.8. The number of non-ortho nitro benzene ring substituents is 1. The van der Waals surface area contributed by atoms with E-state index in [1.807, 2.05) is 0 Å². The van der Waals surface area contributed by atoms with Gasteiger partial charge in [-0.2, -0.15) is 0 Å². The third-order valence-electron chi connectivity index (χ3n) is 4.97. The molecule has 3 aromatic carbocycles. The molecule has 0 aliphatic carbocycles. The average Bonchev–Trinajstić information content (AvgIpc) is 3.07. The maximum absolute atomic E-state index is 12.9. The second-order valence-corrected chi connectivity index (χ2v) is 6.90. The number of benzene rings is 3. The highest BCUT2D eigenvalue weighted by atomic mass is 16.6. The standard InChI is InChI=1S/C23H16N2O7/c1-31-18-9-7-16(8-10-18)24-21(26)19-11-4-15(12-20(19)22(24)27)23(28)32-13-14-2-5-17(6-3-14)25(29)30/h2-12H,13H2,1H3. The summed E-state index contributed by atoms with van der Waals surface area (Å²) >= 11 is 0. The van der Waals surface area contributed by atoms with Crippen molar-refractivity contribution < 1.29 is 28.8 Å². The Kier molecular flexibility index (Phi) is 5.38. The Morgan fingerprint density at radius 2 is 1.59 bits per heavy atom. The smallest absolute Gasteiger partial charge is 0.338 e. The number of hydrogen-bond donors (Lipinski definition) is 0. The molecule has 2 amide bonds. The number of nitro benzene ring substituents is 1. The van der Waals surface area contributed by atoms with Gasteiger partial charge in [0.05, 0.1) is 34.4 Å². The quantitative estimate of drug-likeness (QED) is 0.252. The Bertz CT molecular complexity index is 1230. The molecule has 32 heavy (non-hydrogen) atoms. The second-order valence-electron chi connectivity index (χ2n) is 6.90. The number of ether oxygens (including phenoxy) is 2. The second kappa shape index (κ2) is 8.31. The molecule has 0 atom stereocenters. The lowest BCUT2D eigenvalue weighted by atomic mass is 10.1. The Balaban J connectivity index is 1.50. The zero-order valence-electron chi connectivity index (χ0n) is 16.8. The molecular weight excluding hydrogens is 416 g/mol. The van der Waals surface area contributed by atoms with Crippen LogP contribution in [-0.2, 0) is 11.3 Å². The van der Waals surface area contributed by atoms with Gasteiger partial charge in [0.1, 0.15) is 12.4 Å². The number of nitro groups is 1. The summed E-state index contributed by atoms with van der Waals surface area (Å²) in [6.07, 6.45) is 0. The molecule has 160 valence electrons. The Morgan fingerprint density at radius 3 is 2.22 bits per heavy atom. The van der Waals surface area contributed by atoms with Crippen LogP contribution in [0.2, 0.25) is 0 Å². The van der Waals surface area contributed by atoms with E-state index in [2.05, 4.69) is 0 Å². The number of anilines is 1. The molecule has 0 aromatic heterocycles. The minimum absolute atomic E-state index is 0.0664. The summed E-state index contributed by atoms with van der Waals surface area (Å²) in [7, 11) is 1.51. The number of imide groups is 1. The van der Waals surface area contributed by atoms with Crippen molar-refractivity contribution in [3.8, 4) is 5.75 Å². The predicted octanol–water partition coefficient (Wildman–Crippen LogP) is 3.76. The predicted molar refractivity (Wildman–Crippen MR) is 113 cm³/mol. The number of hydrogen-bond acceptors (Lipinski definition) is 7. The fourth-order valence-electron chi connectivity index (χ4n) is 3.28. The third-order valence-corrected chi connectivity index (χ3v) is 4.97. The summed E-state index contributed by atoms with van der Waals surface area (Å²) < 4.78 is 10.3. The minimum Gasteiger partial charge on any atom is -0.497 e. The number of carbonyl (C=O) groups is 3. The van der Waals surface area contributed by atoms with Gasteiger partial charge in [0.25, 0.3) is 17.5 Å². The van der Waals surface area contributed by atoms with Gasteiger partial charge in [-0.3, -0.25) is 19.7 Å². The van der Waals surface area contributed by atoms with Gasteiger partial charge in [-0.1, -0.05) is 0 Å². The summed E-state index contributed by atoms with van der Waals surface area (Å²) in [6.45, 7) is -0.0984. The van der Waals surface area contributed by atoms with Gasteiger partial charge >= 0.3 is 5.97 Å². The molecule has 1 aliphatic rings. The number of fused-ring (bicyclic) bond motifs is 1. The molecule has 1 aliphatic heterocycles. The van der Waals surface area contributed by atoms with Gasteiger partial charge in [0.15, 0.2) is 0 Å². The van der Waals surface area contributed by atoms with Crippen LogP contribution in [0.15, 0.2) is 66.7 Å². The van der Waals surface area contributed by atoms with E-state index in [9.17, 15) is 24.5 Å². The molecule has 3 aromatic rings. The molecule has 0 saturated heterocycles. The summed E-state index contributed by atoms with van der Waals surface area (Å²) in [5.41, 5.74) is 1.31. The van der Waals surface area contributed by atoms with Crippen LogP contribution in [0, 0.1) is 10.1 Å². The first-order chi connectivity index (χ1) is 15.4. The fraction of sp³-hybridized carbons (Fsp3) is 0.0870. The lowest BCUT2D eigenvalue weighted by molar-refractivity contribution is -0.384. The highest BCUT2D eigenvalue weighted by molar-refractivity contribution is 6.34. The molecule has 9 nitrogen and oxygen atoms in total. The van der Waals surface area contributed by atoms with Crippen LogP contribution in [0.5, 0.6) is 5.75 Å². The van der Waals surface area contributed by atoms with Crippen LogP contribution in [0.4, 0.5) is 11.4 Å². The van der Waals surface area contributed by atoms with E-state index in [4.69, 9.17) is 9.47 Å². The molecule has 1 heterocycles. The molecule has 0 fully saturated rings. The Hall–Kier alpha value is -4.53. The van der Waals surface area contributed by atoms with Crippen LogP contribution in [-0.4, -0.2) is 29.8 Å². The maximum atomic E-state index is 12.9. The lowest BCUT2D eigenvalue weighted by Gasteiger charge is -2.14. The van der Waals surface area contributed by atoms with Crippen molar-refractivity contribution in [3.05, 3.63) is 99.1 Å². The van der Waals surface area contributed by atoms with Crippen molar-refractivity contribution in [2.24, 2.45) is 0 Å². The van der Waals surface area contributed by atoms with Gasteiger partial charge < -0.3 is 9.47 Å². The third kappa shape index (κ3) is 3.79. The van der Waals surface area contributed by atoms with E-state index in [0.717, 1.165) is 4.90 Å². The monoisotopic (exact) mass is 432 g/mol. The molecular formula is C23H16N2O7. The zero-order chi connectivity index (χ0) is 22.8. The highest BCUT2D eigenvalue weighted by Gasteiger charge is 2.37. The van der Waals surface area contributed by atoms with Gasteiger partial charge in [-0.15, -0.1) is 0 Å². The number of amides is 2. The van der Waals surface area contributed by atoms with Gasteiger partial charge in [-0.25, -0.2) is 9.69 Å². The van der Waals surface area contributed by atoms with Crippen molar-refractivity contribution in [2.75, 3.05) is 12.0 Å². The van der Waals surface area contributed by atoms with Crippen molar-refractivity contribution in [3.63, 3.8) is 0 Å². The minimum atomic E-state index is -0.686. The normalized spacial score (nSPS) is 12.5. The number of nitrogens with zero attached hydrogens (tertiary/aromatic N) is 2. The molecule has 9 heteroatoms. The van der Waals surface area contributed by atoms with Crippen molar-refractivity contribution in [2.45, 2.75) is 6.61 Å². The van der Waals surface area contributed by atoms with E-state index in [0.29, 0.717) is 17.0 Å². The number of methoxy groups -OCH3 is 1. The highest BCUT2D eigenvalue weighted by Crippen LogP contribution is 2.30. The SMILES string of the molecule is COc1ccc(N2C(=O)c3ccc(C(=O)OCc4ccc([N+](=O)[O-])cc4)cc3C2=O)cc1. The number of carbonyl (C=O) groups excluding carboxylic acids is 3. The molecule has 0 bridgehead atoms. The van der Waals surface area contributed by atoms with Gasteiger partial charge in [0, 0.05) is 12.1 Å². The average molecular weight is 432 g/mol. The fourth-order valence-corrected chi connectivity index (χ4v) is 3.28. The van der Waals surface area contributed by atoms with E-state index < -0.39 is 22.7 Å². The van der Waals surface area contributed by atoms with E-state index >= 15 is 0 Å². The van der Waals surface area contributed by atoms with E-state index in [-0.39, 0.29) is 29.0 Å². The first-order valence-electron chi connectivity index (χ1n) is 9.46. The van der Waals surface area contributed by atoms with Crippen LogP contribution < -0.4 is 9.64 Å². The molecule has 0 radical (unpaired) electrons.